The van der Waals surface area contributed by atoms with Gasteiger partial charge in [0.25, 0.3) is 15.9 Å². The van der Waals surface area contributed by atoms with Crippen LogP contribution >= 0.6 is 0 Å². The van der Waals surface area contributed by atoms with Gasteiger partial charge in [0.2, 0.25) is 0 Å². The van der Waals surface area contributed by atoms with Gasteiger partial charge in [-0.1, -0.05) is 42.5 Å². The van der Waals surface area contributed by atoms with Crippen molar-refractivity contribution in [3.05, 3.63) is 95.3 Å². The Bertz CT molecular complexity index is 1150. The van der Waals surface area contributed by atoms with E-state index in [1.807, 2.05) is 38.1 Å². The van der Waals surface area contributed by atoms with Crippen LogP contribution in [0.2, 0.25) is 0 Å². The summed E-state index contributed by atoms with van der Waals surface area (Å²) in [6, 6.07) is 18.6. The van der Waals surface area contributed by atoms with Gasteiger partial charge >= 0.3 is 0 Å². The second-order valence-corrected chi connectivity index (χ2v) is 8.35. The number of sulfonamides is 1. The van der Waals surface area contributed by atoms with Crippen molar-refractivity contribution in [3.8, 4) is 0 Å². The van der Waals surface area contributed by atoms with Crippen molar-refractivity contribution in [3.63, 3.8) is 0 Å². The highest BCUT2D eigenvalue weighted by Gasteiger charge is 2.19. The molecular formula is C22H21FN2O3S. The van der Waals surface area contributed by atoms with Crippen molar-refractivity contribution in [2.45, 2.75) is 24.8 Å². The van der Waals surface area contributed by atoms with E-state index in [2.05, 4.69) is 10.0 Å². The fourth-order valence-electron chi connectivity index (χ4n) is 2.98. The van der Waals surface area contributed by atoms with E-state index in [0.29, 0.717) is 0 Å². The predicted octanol–water partition coefficient (Wildman–Crippen LogP) is 4.43. The molecule has 0 spiro atoms. The van der Waals surface area contributed by atoms with E-state index in [4.69, 9.17) is 0 Å². The molecule has 150 valence electrons. The molecule has 3 aromatic carbocycles. The Balaban J connectivity index is 1.81. The van der Waals surface area contributed by atoms with Gasteiger partial charge in [-0.25, -0.2) is 12.8 Å². The summed E-state index contributed by atoms with van der Waals surface area (Å²) in [5.41, 5.74) is 2.06. The molecular weight excluding hydrogens is 391 g/mol. The average Bonchev–Trinajstić information content (AvgIpc) is 2.70. The van der Waals surface area contributed by atoms with Crippen LogP contribution in [0.1, 0.15) is 34.5 Å². The fourth-order valence-corrected chi connectivity index (χ4v) is 4.10. The molecule has 0 saturated heterocycles. The van der Waals surface area contributed by atoms with Crippen LogP contribution in [-0.4, -0.2) is 14.3 Å². The van der Waals surface area contributed by atoms with E-state index >= 15 is 0 Å². The van der Waals surface area contributed by atoms with Crippen LogP contribution in [0.15, 0.2) is 77.7 Å². The zero-order chi connectivity index (χ0) is 21.0. The van der Waals surface area contributed by atoms with Gasteiger partial charge in [0.1, 0.15) is 5.82 Å². The minimum atomic E-state index is -4.05. The van der Waals surface area contributed by atoms with Gasteiger partial charge in [0.15, 0.2) is 0 Å². The number of rotatable bonds is 6. The van der Waals surface area contributed by atoms with Crippen molar-refractivity contribution in [1.82, 2.24) is 5.32 Å². The highest BCUT2D eigenvalue weighted by molar-refractivity contribution is 7.92. The van der Waals surface area contributed by atoms with Crippen molar-refractivity contribution < 1.29 is 17.6 Å². The molecule has 0 aliphatic heterocycles. The lowest BCUT2D eigenvalue weighted by molar-refractivity contribution is 0.0939. The molecule has 0 aliphatic rings. The molecule has 1 amide bonds. The fraction of sp³-hybridized carbons (Fsp3) is 0.136. The molecule has 29 heavy (non-hydrogen) atoms. The van der Waals surface area contributed by atoms with E-state index in [1.54, 1.807) is 0 Å². The summed E-state index contributed by atoms with van der Waals surface area (Å²) in [5.74, 6) is -1.08. The number of aryl methyl sites for hydroxylation is 1. The Morgan fingerprint density at radius 3 is 2.38 bits per heavy atom. The summed E-state index contributed by atoms with van der Waals surface area (Å²) in [6.07, 6.45) is 0. The van der Waals surface area contributed by atoms with Crippen LogP contribution in [0.25, 0.3) is 0 Å². The zero-order valence-corrected chi connectivity index (χ0v) is 16.8. The Morgan fingerprint density at radius 1 is 0.966 bits per heavy atom. The van der Waals surface area contributed by atoms with Gasteiger partial charge in [-0.15, -0.1) is 0 Å². The molecule has 5 nitrogen and oxygen atoms in total. The molecule has 3 aromatic rings. The Labute approximate surface area is 169 Å². The lowest BCUT2D eigenvalue weighted by Gasteiger charge is -2.17. The summed E-state index contributed by atoms with van der Waals surface area (Å²) >= 11 is 0. The number of para-hydroxylation sites is 1. The number of nitrogens with one attached hydrogen (secondary N) is 2. The van der Waals surface area contributed by atoms with E-state index < -0.39 is 21.7 Å². The highest BCUT2D eigenvalue weighted by Crippen LogP contribution is 2.21. The smallest absolute Gasteiger partial charge is 0.262 e. The Kier molecular flexibility index (Phi) is 5.98. The van der Waals surface area contributed by atoms with Gasteiger partial charge < -0.3 is 5.32 Å². The SMILES string of the molecule is Cc1ccccc1[C@@H](C)NC(=O)c1cccc(S(=O)(=O)Nc2ccccc2F)c1. The molecule has 3 rings (SSSR count). The molecule has 0 bridgehead atoms. The molecule has 7 heteroatoms. The van der Waals surface area contributed by atoms with Crippen molar-refractivity contribution in [2.75, 3.05) is 4.72 Å². The molecule has 1 atom stereocenters. The third kappa shape index (κ3) is 4.81. The first-order valence-electron chi connectivity index (χ1n) is 9.02. The van der Waals surface area contributed by atoms with Crippen LogP contribution in [0.5, 0.6) is 0 Å². The normalized spacial score (nSPS) is 12.2. The number of halogens is 1. The maximum atomic E-state index is 13.8. The lowest BCUT2D eigenvalue weighted by Crippen LogP contribution is -2.27. The summed E-state index contributed by atoms with van der Waals surface area (Å²) in [4.78, 5) is 12.5. The minimum absolute atomic E-state index is 0.128. The largest absolute Gasteiger partial charge is 0.346 e. The van der Waals surface area contributed by atoms with E-state index in [-0.39, 0.29) is 22.2 Å². The van der Waals surface area contributed by atoms with E-state index in [0.717, 1.165) is 17.2 Å². The first-order chi connectivity index (χ1) is 13.8. The molecule has 2 N–H and O–H groups in total. The number of hydrogen-bond donors (Lipinski definition) is 2. The standard InChI is InChI=1S/C22H21FN2O3S/c1-15-8-3-4-11-19(15)16(2)24-22(26)17-9-7-10-18(14-17)29(27,28)25-21-13-6-5-12-20(21)23/h3-14,16,25H,1-2H3,(H,24,26)/t16-/m1/s1. The predicted molar refractivity (Wildman–Crippen MR) is 111 cm³/mol. The van der Waals surface area contributed by atoms with Gasteiger partial charge in [-0.2, -0.15) is 0 Å². The Morgan fingerprint density at radius 2 is 1.66 bits per heavy atom. The van der Waals surface area contributed by atoms with Crippen LogP contribution < -0.4 is 10.0 Å². The van der Waals surface area contributed by atoms with Crippen molar-refractivity contribution in [2.24, 2.45) is 0 Å². The molecule has 0 aliphatic carbocycles. The van der Waals surface area contributed by atoms with Crippen molar-refractivity contribution in [1.29, 1.82) is 0 Å². The van der Waals surface area contributed by atoms with Gasteiger partial charge in [-0.05, 0) is 55.3 Å². The van der Waals surface area contributed by atoms with Crippen LogP contribution in [0.3, 0.4) is 0 Å². The number of anilines is 1. The van der Waals surface area contributed by atoms with Gasteiger partial charge in [0, 0.05) is 5.56 Å². The number of carbonyl (C=O) groups excluding carboxylic acids is 1. The molecule has 0 heterocycles. The maximum absolute atomic E-state index is 13.8. The summed E-state index contributed by atoms with van der Waals surface area (Å²) in [7, 11) is -4.05. The number of hydrogen-bond acceptors (Lipinski definition) is 3. The van der Waals surface area contributed by atoms with E-state index in [9.17, 15) is 17.6 Å². The first kappa shape index (κ1) is 20.5. The lowest BCUT2D eigenvalue weighted by atomic mass is 10.0. The van der Waals surface area contributed by atoms with Gasteiger partial charge in [-0.3, -0.25) is 9.52 Å². The monoisotopic (exact) mass is 412 g/mol. The number of amides is 1. The van der Waals surface area contributed by atoms with Crippen LogP contribution in [0.4, 0.5) is 10.1 Å². The number of carbonyl (C=O) groups is 1. The highest BCUT2D eigenvalue weighted by atomic mass is 32.2. The Hall–Kier alpha value is -3.19. The summed E-state index contributed by atoms with van der Waals surface area (Å²) in [5, 5.41) is 2.88. The molecule has 0 fully saturated rings. The minimum Gasteiger partial charge on any atom is -0.346 e. The molecule has 0 aromatic heterocycles. The molecule has 0 radical (unpaired) electrons. The average molecular weight is 412 g/mol. The maximum Gasteiger partial charge on any atom is 0.262 e. The van der Waals surface area contributed by atoms with Crippen LogP contribution in [0, 0.1) is 12.7 Å². The third-order valence-corrected chi connectivity index (χ3v) is 5.89. The van der Waals surface area contributed by atoms with Gasteiger partial charge in [0.05, 0.1) is 16.6 Å². The van der Waals surface area contributed by atoms with E-state index in [1.165, 1.54) is 42.5 Å². The molecule has 0 unspecified atom stereocenters. The molecule has 0 saturated carbocycles. The first-order valence-corrected chi connectivity index (χ1v) is 10.5. The van der Waals surface area contributed by atoms with Crippen LogP contribution in [-0.2, 0) is 10.0 Å². The second kappa shape index (κ2) is 8.45. The quantitative estimate of drug-likeness (QED) is 0.629. The zero-order valence-electron chi connectivity index (χ0n) is 16.0. The third-order valence-electron chi connectivity index (χ3n) is 4.53. The van der Waals surface area contributed by atoms with Crippen molar-refractivity contribution >= 4 is 21.6 Å². The summed E-state index contributed by atoms with van der Waals surface area (Å²) < 4.78 is 41.2. The topological polar surface area (TPSA) is 75.3 Å². The second-order valence-electron chi connectivity index (χ2n) is 6.66. The number of benzene rings is 3. The summed E-state index contributed by atoms with van der Waals surface area (Å²) in [6.45, 7) is 3.82.